The quantitative estimate of drug-likeness (QED) is 0.926. The number of piperazine rings is 1. The summed E-state index contributed by atoms with van der Waals surface area (Å²) in [6.07, 6.45) is 0. The fourth-order valence-corrected chi connectivity index (χ4v) is 3.22. The molecule has 22 heavy (non-hydrogen) atoms. The van der Waals surface area contributed by atoms with Crippen molar-refractivity contribution in [3.05, 3.63) is 35.0 Å². The van der Waals surface area contributed by atoms with Gasteiger partial charge in [-0.15, -0.1) is 0 Å². The van der Waals surface area contributed by atoms with Crippen molar-refractivity contribution in [1.29, 1.82) is 0 Å². The molecule has 0 spiro atoms. The van der Waals surface area contributed by atoms with Gasteiger partial charge in [-0.2, -0.15) is 0 Å². The highest BCUT2D eigenvalue weighted by Gasteiger charge is 2.23. The molecule has 2 heterocycles. The van der Waals surface area contributed by atoms with Crippen molar-refractivity contribution in [2.75, 3.05) is 26.2 Å². The molecule has 1 N–H and O–H groups in total. The van der Waals surface area contributed by atoms with Gasteiger partial charge in [-0.25, -0.2) is 0 Å². The number of carbonyl (C=O) groups is 1. The second-order valence-electron chi connectivity index (χ2n) is 6.56. The molecular weight excluding hydrogens is 274 g/mol. The van der Waals surface area contributed by atoms with Gasteiger partial charge < -0.3 is 9.88 Å². The average Bonchev–Trinajstić information content (AvgIpc) is 2.81. The molecule has 0 unspecified atom stereocenters. The molecule has 0 saturated carbocycles. The average molecular weight is 299 g/mol. The van der Waals surface area contributed by atoms with Crippen LogP contribution >= 0.6 is 0 Å². The van der Waals surface area contributed by atoms with Gasteiger partial charge >= 0.3 is 0 Å². The minimum Gasteiger partial charge on any atom is -0.358 e. The van der Waals surface area contributed by atoms with Crippen molar-refractivity contribution in [2.45, 2.75) is 33.7 Å². The summed E-state index contributed by atoms with van der Waals surface area (Å²) in [5.74, 6) is 0.156. The Morgan fingerprint density at radius 3 is 2.45 bits per heavy atom. The van der Waals surface area contributed by atoms with E-state index in [-0.39, 0.29) is 5.91 Å². The fraction of sp³-hybridized carbons (Fsp3) is 0.500. The van der Waals surface area contributed by atoms with Gasteiger partial charge in [0.2, 0.25) is 0 Å². The Hall–Kier alpha value is -1.81. The highest BCUT2D eigenvalue weighted by atomic mass is 16.2. The number of fused-ring (bicyclic) bond motifs is 1. The second-order valence-corrected chi connectivity index (χ2v) is 6.56. The molecule has 1 saturated heterocycles. The van der Waals surface area contributed by atoms with Crippen molar-refractivity contribution in [2.24, 2.45) is 0 Å². The molecule has 1 aliphatic heterocycles. The molecule has 0 atom stereocenters. The molecule has 4 nitrogen and oxygen atoms in total. The van der Waals surface area contributed by atoms with Gasteiger partial charge in [-0.1, -0.05) is 0 Å². The number of nitrogens with zero attached hydrogens (tertiary/aromatic N) is 2. The van der Waals surface area contributed by atoms with Crippen molar-refractivity contribution in [3.63, 3.8) is 0 Å². The lowest BCUT2D eigenvalue weighted by Gasteiger charge is -2.37. The first-order chi connectivity index (χ1) is 10.5. The van der Waals surface area contributed by atoms with Crippen LogP contribution in [0.25, 0.3) is 10.9 Å². The zero-order valence-electron chi connectivity index (χ0n) is 13.9. The van der Waals surface area contributed by atoms with E-state index in [0.29, 0.717) is 6.04 Å². The monoisotopic (exact) mass is 299 g/mol. The number of nitrogens with one attached hydrogen (secondary N) is 1. The fourth-order valence-electron chi connectivity index (χ4n) is 3.22. The van der Waals surface area contributed by atoms with Crippen molar-refractivity contribution in [1.82, 2.24) is 14.8 Å². The van der Waals surface area contributed by atoms with Crippen LogP contribution in [0.2, 0.25) is 0 Å². The van der Waals surface area contributed by atoms with Crippen molar-refractivity contribution >= 4 is 16.8 Å². The number of hydrogen-bond donors (Lipinski definition) is 1. The van der Waals surface area contributed by atoms with Gasteiger partial charge in [0.1, 0.15) is 0 Å². The maximum absolute atomic E-state index is 12.7. The van der Waals surface area contributed by atoms with Crippen LogP contribution in [0.15, 0.2) is 18.2 Å². The van der Waals surface area contributed by atoms with E-state index in [1.165, 1.54) is 11.3 Å². The van der Waals surface area contributed by atoms with Crippen LogP contribution < -0.4 is 0 Å². The smallest absolute Gasteiger partial charge is 0.253 e. The minimum absolute atomic E-state index is 0.156. The normalized spacial score (nSPS) is 16.7. The van der Waals surface area contributed by atoms with E-state index in [4.69, 9.17) is 0 Å². The maximum Gasteiger partial charge on any atom is 0.253 e. The molecule has 1 amide bonds. The van der Waals surface area contributed by atoms with E-state index in [0.717, 1.165) is 42.6 Å². The number of hydrogen-bond acceptors (Lipinski definition) is 2. The molecule has 118 valence electrons. The highest BCUT2D eigenvalue weighted by molar-refractivity contribution is 5.99. The Balaban J connectivity index is 1.79. The van der Waals surface area contributed by atoms with Gasteiger partial charge in [0.05, 0.1) is 0 Å². The van der Waals surface area contributed by atoms with E-state index >= 15 is 0 Å². The first-order valence-electron chi connectivity index (χ1n) is 8.09. The van der Waals surface area contributed by atoms with Crippen LogP contribution in [-0.2, 0) is 0 Å². The van der Waals surface area contributed by atoms with Gasteiger partial charge in [-0.3, -0.25) is 9.69 Å². The Bertz CT molecular complexity index is 694. The number of rotatable bonds is 2. The third kappa shape index (κ3) is 2.63. The summed E-state index contributed by atoms with van der Waals surface area (Å²) in [6, 6.07) is 6.55. The lowest BCUT2D eigenvalue weighted by Crippen LogP contribution is -2.50. The summed E-state index contributed by atoms with van der Waals surface area (Å²) in [7, 11) is 0. The summed E-state index contributed by atoms with van der Waals surface area (Å²) in [5, 5.41) is 1.16. The third-order valence-corrected chi connectivity index (χ3v) is 4.89. The van der Waals surface area contributed by atoms with E-state index in [2.05, 4.69) is 37.6 Å². The Kier molecular flexibility index (Phi) is 3.96. The van der Waals surface area contributed by atoms with Crippen LogP contribution in [0.5, 0.6) is 0 Å². The van der Waals surface area contributed by atoms with Gasteiger partial charge in [0, 0.05) is 54.4 Å². The number of aromatic amines is 1. The van der Waals surface area contributed by atoms with Crippen LogP contribution in [0, 0.1) is 13.8 Å². The van der Waals surface area contributed by atoms with E-state index in [1.807, 2.05) is 23.1 Å². The van der Waals surface area contributed by atoms with Gasteiger partial charge in [-0.05, 0) is 51.5 Å². The predicted octanol–water partition coefficient (Wildman–Crippen LogP) is 2.95. The number of aromatic nitrogens is 1. The summed E-state index contributed by atoms with van der Waals surface area (Å²) in [6.45, 7) is 12.2. The number of aryl methyl sites for hydroxylation is 2. The SMILES string of the molecule is Cc1[nH]c2ccc(C(=O)N3CCN(C(C)C)CC3)cc2c1C. The zero-order valence-corrected chi connectivity index (χ0v) is 13.9. The van der Waals surface area contributed by atoms with Gasteiger partial charge in [0.25, 0.3) is 5.91 Å². The van der Waals surface area contributed by atoms with Crippen LogP contribution in [0.4, 0.5) is 0 Å². The van der Waals surface area contributed by atoms with Crippen LogP contribution in [-0.4, -0.2) is 52.9 Å². The second kappa shape index (κ2) is 5.76. The zero-order chi connectivity index (χ0) is 15.9. The standard InChI is InChI=1S/C18H25N3O/c1-12(2)20-7-9-21(10-8-20)18(22)15-5-6-17-16(11-15)13(3)14(4)19-17/h5-6,11-12,19H,7-10H2,1-4H3. The lowest BCUT2D eigenvalue weighted by molar-refractivity contribution is 0.0595. The summed E-state index contributed by atoms with van der Waals surface area (Å²) in [5.41, 5.74) is 4.31. The number of amides is 1. The van der Waals surface area contributed by atoms with E-state index in [9.17, 15) is 4.79 Å². The first-order valence-corrected chi connectivity index (χ1v) is 8.09. The number of H-pyrrole nitrogens is 1. The topological polar surface area (TPSA) is 39.3 Å². The molecule has 4 heteroatoms. The molecule has 0 bridgehead atoms. The first kappa shape index (κ1) is 15.1. The summed E-state index contributed by atoms with van der Waals surface area (Å²) >= 11 is 0. The maximum atomic E-state index is 12.7. The lowest BCUT2D eigenvalue weighted by atomic mass is 10.1. The molecule has 1 fully saturated rings. The van der Waals surface area contributed by atoms with E-state index < -0.39 is 0 Å². The molecule has 1 aliphatic rings. The van der Waals surface area contributed by atoms with Gasteiger partial charge in [0.15, 0.2) is 0 Å². The van der Waals surface area contributed by atoms with Crippen LogP contribution in [0.1, 0.15) is 35.5 Å². The Labute approximate surface area is 132 Å². The summed E-state index contributed by atoms with van der Waals surface area (Å²) in [4.78, 5) is 20.5. The molecular formula is C18H25N3O. The molecule has 1 aromatic heterocycles. The molecule has 0 aliphatic carbocycles. The third-order valence-electron chi connectivity index (χ3n) is 4.89. The molecule has 0 radical (unpaired) electrons. The number of carbonyl (C=O) groups excluding carboxylic acids is 1. The Morgan fingerprint density at radius 1 is 1.14 bits per heavy atom. The molecule has 1 aromatic carbocycles. The minimum atomic E-state index is 0.156. The Morgan fingerprint density at radius 2 is 1.82 bits per heavy atom. The van der Waals surface area contributed by atoms with Crippen LogP contribution in [0.3, 0.4) is 0 Å². The van der Waals surface area contributed by atoms with E-state index in [1.54, 1.807) is 0 Å². The molecule has 3 rings (SSSR count). The van der Waals surface area contributed by atoms with Crippen molar-refractivity contribution < 1.29 is 4.79 Å². The largest absolute Gasteiger partial charge is 0.358 e. The highest BCUT2D eigenvalue weighted by Crippen LogP contribution is 2.23. The van der Waals surface area contributed by atoms with Crippen molar-refractivity contribution in [3.8, 4) is 0 Å². The summed E-state index contributed by atoms with van der Waals surface area (Å²) < 4.78 is 0. The molecule has 2 aromatic rings. The predicted molar refractivity (Wildman–Crippen MR) is 90.4 cm³/mol. The number of benzene rings is 1.